The van der Waals surface area contributed by atoms with Gasteiger partial charge in [-0.1, -0.05) is 26.0 Å². The third kappa shape index (κ3) is 6.17. The zero-order chi connectivity index (χ0) is 15.8. The van der Waals surface area contributed by atoms with Crippen LogP contribution in [-0.2, 0) is 0 Å². The summed E-state index contributed by atoms with van der Waals surface area (Å²) in [5.74, 6) is 0.192. The van der Waals surface area contributed by atoms with Gasteiger partial charge in [0, 0.05) is 12.6 Å². The molecule has 0 bridgehead atoms. The number of hydrogen-bond acceptors (Lipinski definition) is 3. The first-order valence-corrected chi connectivity index (χ1v) is 7.57. The standard InChI is InChI=1S/C17H27NO3/c1-13(2)12-14(3)18(4)10-7-11-21-16-9-6-5-8-15(16)17(19)20/h5-6,8-9,13-14H,7,10-12H2,1-4H3,(H,19,20). The predicted molar refractivity (Wildman–Crippen MR) is 85.1 cm³/mol. The zero-order valence-electron chi connectivity index (χ0n) is 13.5. The largest absolute Gasteiger partial charge is 0.493 e. The van der Waals surface area contributed by atoms with Gasteiger partial charge in [-0.15, -0.1) is 0 Å². The number of hydrogen-bond donors (Lipinski definition) is 1. The van der Waals surface area contributed by atoms with Crippen LogP contribution in [-0.4, -0.2) is 42.2 Å². The second-order valence-electron chi connectivity index (χ2n) is 5.96. The quantitative estimate of drug-likeness (QED) is 0.708. The van der Waals surface area contributed by atoms with E-state index in [0.29, 0.717) is 24.3 Å². The van der Waals surface area contributed by atoms with Crippen LogP contribution in [0.3, 0.4) is 0 Å². The minimum Gasteiger partial charge on any atom is -0.493 e. The van der Waals surface area contributed by atoms with Crippen molar-refractivity contribution in [3.63, 3.8) is 0 Å². The summed E-state index contributed by atoms with van der Waals surface area (Å²) in [6.07, 6.45) is 2.06. The van der Waals surface area contributed by atoms with Crippen molar-refractivity contribution in [3.05, 3.63) is 29.8 Å². The van der Waals surface area contributed by atoms with Gasteiger partial charge < -0.3 is 14.7 Å². The van der Waals surface area contributed by atoms with Crippen LogP contribution in [0.15, 0.2) is 24.3 Å². The first-order valence-electron chi connectivity index (χ1n) is 7.57. The van der Waals surface area contributed by atoms with Crippen LogP contribution < -0.4 is 4.74 Å². The number of rotatable bonds is 9. The van der Waals surface area contributed by atoms with Gasteiger partial charge in [-0.3, -0.25) is 0 Å². The number of ether oxygens (including phenoxy) is 1. The summed E-state index contributed by atoms with van der Waals surface area (Å²) in [4.78, 5) is 13.4. The van der Waals surface area contributed by atoms with Crippen molar-refractivity contribution in [2.75, 3.05) is 20.2 Å². The molecule has 0 aliphatic heterocycles. The number of aromatic carboxylic acids is 1. The molecule has 21 heavy (non-hydrogen) atoms. The molecule has 1 aromatic rings. The van der Waals surface area contributed by atoms with Crippen molar-refractivity contribution in [1.82, 2.24) is 4.90 Å². The Morgan fingerprint density at radius 1 is 1.29 bits per heavy atom. The highest BCUT2D eigenvalue weighted by Gasteiger charge is 2.12. The Morgan fingerprint density at radius 3 is 2.57 bits per heavy atom. The highest BCUT2D eigenvalue weighted by atomic mass is 16.5. The third-order valence-corrected chi connectivity index (χ3v) is 3.60. The Labute approximate surface area is 127 Å². The summed E-state index contributed by atoms with van der Waals surface area (Å²) in [6, 6.07) is 7.32. The fraction of sp³-hybridized carbons (Fsp3) is 0.588. The van der Waals surface area contributed by atoms with Gasteiger partial charge in [0.25, 0.3) is 0 Å². The van der Waals surface area contributed by atoms with Gasteiger partial charge in [0.1, 0.15) is 11.3 Å². The van der Waals surface area contributed by atoms with Gasteiger partial charge in [-0.25, -0.2) is 4.79 Å². The first-order chi connectivity index (χ1) is 9.91. The number of nitrogens with zero attached hydrogens (tertiary/aromatic N) is 1. The lowest BCUT2D eigenvalue weighted by molar-refractivity contribution is 0.0692. The summed E-state index contributed by atoms with van der Waals surface area (Å²) in [5, 5.41) is 9.08. The molecule has 0 saturated carbocycles. The van der Waals surface area contributed by atoms with E-state index in [1.165, 1.54) is 6.42 Å². The van der Waals surface area contributed by atoms with Gasteiger partial charge in [-0.2, -0.15) is 0 Å². The number of carboxylic acid groups (broad SMARTS) is 1. The van der Waals surface area contributed by atoms with E-state index >= 15 is 0 Å². The van der Waals surface area contributed by atoms with Gasteiger partial charge in [0.15, 0.2) is 0 Å². The molecule has 118 valence electrons. The van der Waals surface area contributed by atoms with Crippen LogP contribution in [0.1, 0.15) is 44.0 Å². The van der Waals surface area contributed by atoms with Crippen LogP contribution in [0, 0.1) is 5.92 Å². The van der Waals surface area contributed by atoms with Gasteiger partial charge in [0.05, 0.1) is 6.61 Å². The number of carbonyl (C=O) groups is 1. The van der Waals surface area contributed by atoms with Crippen LogP contribution in [0.5, 0.6) is 5.75 Å². The van der Waals surface area contributed by atoms with Crippen molar-refractivity contribution in [2.45, 2.75) is 39.7 Å². The van der Waals surface area contributed by atoms with Crippen LogP contribution in [0.2, 0.25) is 0 Å². The maximum atomic E-state index is 11.1. The average molecular weight is 293 g/mol. The molecule has 1 N–H and O–H groups in total. The van der Waals surface area contributed by atoms with E-state index in [-0.39, 0.29) is 5.56 Å². The molecule has 4 heteroatoms. The molecule has 0 amide bonds. The molecule has 0 spiro atoms. The van der Waals surface area contributed by atoms with Crippen LogP contribution >= 0.6 is 0 Å². The zero-order valence-corrected chi connectivity index (χ0v) is 13.5. The summed E-state index contributed by atoms with van der Waals surface area (Å²) in [5.41, 5.74) is 0.221. The second kappa shape index (κ2) is 8.67. The highest BCUT2D eigenvalue weighted by Crippen LogP contribution is 2.18. The lowest BCUT2D eigenvalue weighted by Gasteiger charge is -2.26. The molecular formula is C17H27NO3. The first kappa shape index (κ1) is 17.5. The van der Waals surface area contributed by atoms with E-state index < -0.39 is 5.97 Å². The Balaban J connectivity index is 2.36. The van der Waals surface area contributed by atoms with Crippen molar-refractivity contribution in [1.29, 1.82) is 0 Å². The molecule has 0 aliphatic rings. The van der Waals surface area contributed by atoms with Gasteiger partial charge in [0.2, 0.25) is 0 Å². The van der Waals surface area contributed by atoms with Crippen molar-refractivity contribution < 1.29 is 14.6 Å². The van der Waals surface area contributed by atoms with Crippen LogP contribution in [0.4, 0.5) is 0 Å². The Morgan fingerprint density at radius 2 is 1.95 bits per heavy atom. The lowest BCUT2D eigenvalue weighted by Crippen LogP contribution is -2.31. The minimum atomic E-state index is -0.951. The summed E-state index contributed by atoms with van der Waals surface area (Å²) in [6.45, 7) is 8.18. The van der Waals surface area contributed by atoms with Crippen molar-refractivity contribution in [2.24, 2.45) is 5.92 Å². The molecule has 0 aliphatic carbocycles. The fourth-order valence-corrected chi connectivity index (χ4v) is 2.35. The van der Waals surface area contributed by atoms with Gasteiger partial charge >= 0.3 is 5.97 Å². The van der Waals surface area contributed by atoms with E-state index in [1.54, 1.807) is 24.3 Å². The third-order valence-electron chi connectivity index (χ3n) is 3.60. The molecule has 0 fully saturated rings. The number of para-hydroxylation sites is 1. The fourth-order valence-electron chi connectivity index (χ4n) is 2.35. The Hall–Kier alpha value is -1.55. The smallest absolute Gasteiger partial charge is 0.339 e. The second-order valence-corrected chi connectivity index (χ2v) is 5.96. The maximum absolute atomic E-state index is 11.1. The van der Waals surface area contributed by atoms with Gasteiger partial charge in [-0.05, 0) is 44.9 Å². The Kier molecular flexibility index (Phi) is 7.23. The van der Waals surface area contributed by atoms with E-state index in [0.717, 1.165) is 13.0 Å². The molecule has 0 aromatic heterocycles. The predicted octanol–water partition coefficient (Wildman–Crippen LogP) is 3.52. The van der Waals surface area contributed by atoms with E-state index in [9.17, 15) is 4.79 Å². The normalized spacial score (nSPS) is 12.7. The number of carboxylic acids is 1. The maximum Gasteiger partial charge on any atom is 0.339 e. The molecule has 0 heterocycles. The van der Waals surface area contributed by atoms with E-state index in [2.05, 4.69) is 32.7 Å². The van der Waals surface area contributed by atoms with E-state index in [1.807, 2.05) is 0 Å². The molecule has 1 rings (SSSR count). The lowest BCUT2D eigenvalue weighted by atomic mass is 10.0. The average Bonchev–Trinajstić information content (AvgIpc) is 2.42. The molecule has 1 aromatic carbocycles. The van der Waals surface area contributed by atoms with Crippen molar-refractivity contribution >= 4 is 5.97 Å². The summed E-state index contributed by atoms with van der Waals surface area (Å²) in [7, 11) is 2.12. The number of benzene rings is 1. The summed E-state index contributed by atoms with van der Waals surface area (Å²) >= 11 is 0. The highest BCUT2D eigenvalue weighted by molar-refractivity contribution is 5.90. The SMILES string of the molecule is CC(C)CC(C)N(C)CCCOc1ccccc1C(=O)O. The molecule has 0 saturated heterocycles. The monoisotopic (exact) mass is 293 g/mol. The Bertz CT molecular complexity index is 445. The topological polar surface area (TPSA) is 49.8 Å². The molecule has 4 nitrogen and oxygen atoms in total. The minimum absolute atomic E-state index is 0.221. The summed E-state index contributed by atoms with van der Waals surface area (Å²) < 4.78 is 5.60. The van der Waals surface area contributed by atoms with Crippen molar-refractivity contribution in [3.8, 4) is 5.75 Å². The molecule has 1 atom stereocenters. The molecule has 0 radical (unpaired) electrons. The molecular weight excluding hydrogens is 266 g/mol. The van der Waals surface area contributed by atoms with Crippen LogP contribution in [0.25, 0.3) is 0 Å². The molecule has 1 unspecified atom stereocenters. The van der Waals surface area contributed by atoms with E-state index in [4.69, 9.17) is 9.84 Å².